The Morgan fingerprint density at radius 2 is 2.06 bits per heavy atom. The zero-order chi connectivity index (χ0) is 25.3. The number of hydrogen-bond acceptors (Lipinski definition) is 9. The van der Waals surface area contributed by atoms with Gasteiger partial charge < -0.3 is 9.30 Å². The molecule has 35 heavy (non-hydrogen) atoms. The number of rotatable bonds is 6. The first kappa shape index (κ1) is 25.4. The Bertz CT molecular complexity index is 1490. The van der Waals surface area contributed by atoms with Crippen molar-refractivity contribution in [3.8, 4) is 0 Å². The lowest BCUT2D eigenvalue weighted by atomic mass is 9.99. The fourth-order valence-corrected chi connectivity index (χ4v) is 7.95. The Balaban J connectivity index is 1.67. The molecule has 0 radical (unpaired) electrons. The molecule has 4 rings (SSSR count). The molecule has 2 aromatic heterocycles. The highest BCUT2D eigenvalue weighted by molar-refractivity contribution is 7.91. The second-order valence-corrected chi connectivity index (χ2v) is 12.6. The van der Waals surface area contributed by atoms with E-state index in [0.717, 1.165) is 22.7 Å². The second kappa shape index (κ2) is 10.1. The van der Waals surface area contributed by atoms with Crippen LogP contribution in [0.15, 0.2) is 39.5 Å². The number of hydrogen-bond donors (Lipinski definition) is 0. The Morgan fingerprint density at radius 3 is 2.71 bits per heavy atom. The summed E-state index contributed by atoms with van der Waals surface area (Å²) >= 11 is 7.87. The molecule has 1 saturated heterocycles. The van der Waals surface area contributed by atoms with Crippen molar-refractivity contribution in [1.29, 1.82) is 0 Å². The average Bonchev–Trinajstić information content (AvgIpc) is 3.42. The number of halogens is 1. The van der Waals surface area contributed by atoms with Gasteiger partial charge in [-0.3, -0.25) is 19.7 Å². The summed E-state index contributed by atoms with van der Waals surface area (Å²) in [6.07, 6.45) is 0.929. The van der Waals surface area contributed by atoms with Crippen LogP contribution < -0.4 is 4.80 Å². The van der Waals surface area contributed by atoms with Gasteiger partial charge in [-0.2, -0.15) is 9.30 Å². The zero-order valence-corrected chi connectivity index (χ0v) is 21.5. The fourth-order valence-electron chi connectivity index (χ4n) is 3.72. The molecule has 0 saturated carbocycles. The van der Waals surface area contributed by atoms with Gasteiger partial charge in [0.2, 0.25) is 0 Å². The van der Waals surface area contributed by atoms with Crippen LogP contribution in [0.4, 0.5) is 5.69 Å². The number of ether oxygens (including phenoxy) is 1. The summed E-state index contributed by atoms with van der Waals surface area (Å²) < 4.78 is 34.3. The smallest absolute Gasteiger partial charge is 0.325 e. The summed E-state index contributed by atoms with van der Waals surface area (Å²) in [6, 6.07) is 7.07. The lowest BCUT2D eigenvalue weighted by Gasteiger charge is -2.29. The minimum atomic E-state index is -3.80. The predicted octanol–water partition coefficient (Wildman–Crippen LogP) is 3.03. The number of non-ortho nitro benzene ring substituents is 1. The normalized spacial score (nSPS) is 17.5. The van der Waals surface area contributed by atoms with Crippen molar-refractivity contribution in [1.82, 2.24) is 8.87 Å². The van der Waals surface area contributed by atoms with Gasteiger partial charge in [0.05, 0.1) is 32.5 Å². The van der Waals surface area contributed by atoms with Crippen LogP contribution in [0.3, 0.4) is 0 Å². The number of carbonyl (C=O) groups excluding carboxylic acids is 2. The lowest BCUT2D eigenvalue weighted by molar-refractivity contribution is -0.384. The van der Waals surface area contributed by atoms with E-state index in [4.69, 9.17) is 16.3 Å². The number of benzene rings is 1. The molecule has 0 aliphatic carbocycles. The van der Waals surface area contributed by atoms with Crippen LogP contribution in [0.2, 0.25) is 4.34 Å². The molecule has 0 spiro atoms. The van der Waals surface area contributed by atoms with Gasteiger partial charge in [-0.25, -0.2) is 8.42 Å². The molecular formula is C20H19ClN4O7S3. The standard InChI is InChI=1S/C20H19ClN4O7S3/c1-32-17(26)11-24-14-5-4-13(25(28)29)9-15(14)33-20(24)22-19(27)12-3-2-8-23(10-12)35(30,31)18-7-6-16(21)34-18/h4-7,9,12H,2-3,8,10-11H2,1H3. The highest BCUT2D eigenvalue weighted by Gasteiger charge is 2.34. The van der Waals surface area contributed by atoms with Crippen LogP contribution in [0.25, 0.3) is 10.2 Å². The molecule has 1 amide bonds. The van der Waals surface area contributed by atoms with Crippen molar-refractivity contribution in [2.75, 3.05) is 20.2 Å². The Hall–Kier alpha value is -2.65. The third kappa shape index (κ3) is 5.30. The van der Waals surface area contributed by atoms with E-state index in [2.05, 4.69) is 4.99 Å². The molecule has 0 N–H and O–H groups in total. The first-order valence-corrected chi connectivity index (χ1v) is 13.7. The van der Waals surface area contributed by atoms with Crippen LogP contribution in [0.1, 0.15) is 12.8 Å². The van der Waals surface area contributed by atoms with E-state index < -0.39 is 32.7 Å². The van der Waals surface area contributed by atoms with Crippen LogP contribution in [-0.2, 0) is 30.9 Å². The van der Waals surface area contributed by atoms with Gasteiger partial charge in [0.15, 0.2) is 4.80 Å². The Morgan fingerprint density at radius 1 is 1.29 bits per heavy atom. The molecule has 186 valence electrons. The second-order valence-electron chi connectivity index (χ2n) is 7.67. The summed E-state index contributed by atoms with van der Waals surface area (Å²) in [5.41, 5.74) is 0.351. The zero-order valence-electron chi connectivity index (χ0n) is 18.2. The highest BCUT2D eigenvalue weighted by Crippen LogP contribution is 2.31. The molecule has 1 aliphatic rings. The first-order valence-electron chi connectivity index (χ1n) is 10.3. The van der Waals surface area contributed by atoms with Gasteiger partial charge >= 0.3 is 5.97 Å². The van der Waals surface area contributed by atoms with E-state index in [0.29, 0.717) is 27.4 Å². The van der Waals surface area contributed by atoms with Crippen LogP contribution in [-0.4, -0.2) is 54.3 Å². The summed E-state index contributed by atoms with van der Waals surface area (Å²) in [5.74, 6) is -1.80. The van der Waals surface area contributed by atoms with Gasteiger partial charge in [0.1, 0.15) is 10.8 Å². The van der Waals surface area contributed by atoms with Gasteiger partial charge in [-0.15, -0.1) is 11.3 Å². The first-order chi connectivity index (χ1) is 16.6. The lowest BCUT2D eigenvalue weighted by Crippen LogP contribution is -2.42. The number of fused-ring (bicyclic) bond motifs is 1. The molecule has 3 heterocycles. The van der Waals surface area contributed by atoms with E-state index in [9.17, 15) is 28.1 Å². The molecule has 15 heteroatoms. The van der Waals surface area contributed by atoms with E-state index in [1.54, 1.807) is 0 Å². The maximum atomic E-state index is 13.1. The third-order valence-electron chi connectivity index (χ3n) is 5.47. The number of amides is 1. The topological polar surface area (TPSA) is 141 Å². The van der Waals surface area contributed by atoms with Crippen molar-refractivity contribution in [2.45, 2.75) is 23.6 Å². The maximum Gasteiger partial charge on any atom is 0.325 e. The Labute approximate surface area is 212 Å². The quantitative estimate of drug-likeness (QED) is 0.257. The number of methoxy groups -OCH3 is 1. The van der Waals surface area contributed by atoms with Crippen molar-refractivity contribution in [2.24, 2.45) is 10.9 Å². The van der Waals surface area contributed by atoms with Gasteiger partial charge in [0.25, 0.3) is 21.6 Å². The molecule has 3 aromatic rings. The monoisotopic (exact) mass is 558 g/mol. The molecule has 11 nitrogen and oxygen atoms in total. The maximum absolute atomic E-state index is 13.1. The van der Waals surface area contributed by atoms with E-state index in [1.807, 2.05) is 0 Å². The van der Waals surface area contributed by atoms with E-state index in [-0.39, 0.29) is 34.3 Å². The summed E-state index contributed by atoms with van der Waals surface area (Å²) in [5, 5.41) is 11.2. The minimum Gasteiger partial charge on any atom is -0.468 e. The van der Waals surface area contributed by atoms with E-state index >= 15 is 0 Å². The number of thiazole rings is 1. The van der Waals surface area contributed by atoms with Gasteiger partial charge in [-0.1, -0.05) is 22.9 Å². The fraction of sp³-hybridized carbons (Fsp3) is 0.350. The average molecular weight is 559 g/mol. The van der Waals surface area contributed by atoms with Gasteiger partial charge in [-0.05, 0) is 31.0 Å². The molecule has 0 bridgehead atoms. The number of thiophene rings is 1. The molecular weight excluding hydrogens is 540 g/mol. The van der Waals surface area contributed by atoms with Crippen LogP contribution in [0.5, 0.6) is 0 Å². The van der Waals surface area contributed by atoms with Crippen molar-refractivity contribution >= 4 is 72.1 Å². The highest BCUT2D eigenvalue weighted by atomic mass is 35.5. The molecule has 1 unspecified atom stereocenters. The SMILES string of the molecule is COC(=O)Cn1c(=NC(=O)C2CCCN(S(=O)(=O)c3ccc(Cl)s3)C2)sc2cc([N+](=O)[O-])ccc21. The van der Waals surface area contributed by atoms with E-state index in [1.165, 1.54) is 46.3 Å². The van der Waals surface area contributed by atoms with Crippen molar-refractivity contribution < 1.29 is 27.7 Å². The number of piperidine rings is 1. The summed E-state index contributed by atoms with van der Waals surface area (Å²) in [7, 11) is -2.57. The molecule has 1 atom stereocenters. The number of sulfonamides is 1. The number of nitro benzene ring substituents is 1. The molecule has 1 aliphatic heterocycles. The van der Waals surface area contributed by atoms with Crippen molar-refractivity contribution in [3.05, 3.63) is 49.6 Å². The van der Waals surface area contributed by atoms with Crippen LogP contribution >= 0.6 is 34.3 Å². The summed E-state index contributed by atoms with van der Waals surface area (Å²) in [6.45, 7) is -0.00514. The van der Waals surface area contributed by atoms with Crippen molar-refractivity contribution in [3.63, 3.8) is 0 Å². The largest absolute Gasteiger partial charge is 0.468 e. The number of aromatic nitrogens is 1. The predicted molar refractivity (Wildman–Crippen MR) is 130 cm³/mol. The number of nitro groups is 1. The number of esters is 1. The molecule has 1 aromatic carbocycles. The van der Waals surface area contributed by atoms with Gasteiger partial charge in [0, 0.05) is 25.2 Å². The Kier molecular flexibility index (Phi) is 7.38. The molecule has 1 fully saturated rings. The summed E-state index contributed by atoms with van der Waals surface area (Å²) in [4.78, 5) is 40.1. The minimum absolute atomic E-state index is 0.0342. The number of nitrogens with zero attached hydrogens (tertiary/aromatic N) is 4. The number of carbonyl (C=O) groups is 2. The third-order valence-corrected chi connectivity index (χ3v) is 10.1. The van der Waals surface area contributed by atoms with Crippen LogP contribution in [0, 0.1) is 16.0 Å².